The Hall–Kier alpha value is -1.85. The van der Waals surface area contributed by atoms with Crippen LogP contribution in [0.1, 0.15) is 5.56 Å². The van der Waals surface area contributed by atoms with Gasteiger partial charge < -0.3 is 9.84 Å². The number of thiol groups is 1. The Labute approximate surface area is 127 Å². The summed E-state index contributed by atoms with van der Waals surface area (Å²) in [5, 5.41) is 11.1. The first-order valence-electron chi connectivity index (χ1n) is 6.65. The van der Waals surface area contributed by atoms with Crippen molar-refractivity contribution >= 4 is 35.2 Å². The van der Waals surface area contributed by atoms with Gasteiger partial charge in [-0.15, -0.1) is 0 Å². The van der Waals surface area contributed by atoms with Gasteiger partial charge in [0.25, 0.3) is 0 Å². The molecule has 0 saturated carbocycles. The molecule has 0 aliphatic carbocycles. The van der Waals surface area contributed by atoms with Crippen LogP contribution in [0.3, 0.4) is 0 Å². The molecule has 0 aromatic heterocycles. The lowest BCUT2D eigenvalue weighted by Gasteiger charge is -2.17. The minimum Gasteiger partial charge on any atom is -0.451 e. The molecule has 0 amide bonds. The summed E-state index contributed by atoms with van der Waals surface area (Å²) in [6.07, 6.45) is -2.19. The molecule has 1 aliphatic rings. The molecule has 4 nitrogen and oxygen atoms in total. The molecule has 3 unspecified atom stereocenters. The Morgan fingerprint density at radius 1 is 1.14 bits per heavy atom. The number of rotatable bonds is 3. The van der Waals surface area contributed by atoms with Crippen LogP contribution in [0, 0.1) is 0 Å². The number of hydrogen-bond acceptors (Lipinski definition) is 5. The van der Waals surface area contributed by atoms with Gasteiger partial charge in [-0.2, -0.15) is 12.6 Å². The summed E-state index contributed by atoms with van der Waals surface area (Å²) < 4.78 is 4.92. The number of esters is 1. The van der Waals surface area contributed by atoms with Crippen LogP contribution >= 0.6 is 12.6 Å². The van der Waals surface area contributed by atoms with Crippen LogP contribution < -0.4 is 0 Å². The highest BCUT2D eigenvalue weighted by atomic mass is 32.1. The minimum absolute atomic E-state index is 0.473. The highest BCUT2D eigenvalue weighted by molar-refractivity contribution is 7.81. The molecule has 21 heavy (non-hydrogen) atoms. The Bertz CT molecular complexity index is 707. The summed E-state index contributed by atoms with van der Waals surface area (Å²) in [4.78, 5) is 23.0. The Morgan fingerprint density at radius 3 is 2.57 bits per heavy atom. The number of aliphatic hydroxyl groups is 1. The fourth-order valence-corrected chi connectivity index (χ4v) is 2.99. The minimum atomic E-state index is -1.67. The second-order valence-corrected chi connectivity index (χ2v) is 5.74. The number of aliphatic hydroxyl groups excluding tert-OH is 1. The topological polar surface area (TPSA) is 63.6 Å². The number of Topliss-reactive ketones (excluding diaryl/α,β-unsaturated/α-hetero) is 1. The first kappa shape index (κ1) is 14.1. The molecule has 108 valence electrons. The fraction of sp³-hybridized carbons (Fsp3) is 0.250. The Kier molecular flexibility index (Phi) is 3.69. The summed E-state index contributed by atoms with van der Waals surface area (Å²) >= 11 is 4.39. The van der Waals surface area contributed by atoms with Crippen molar-refractivity contribution in [2.24, 2.45) is 0 Å². The highest BCUT2D eigenvalue weighted by Gasteiger charge is 2.45. The third-order valence-electron chi connectivity index (χ3n) is 3.67. The molecule has 5 heteroatoms. The summed E-state index contributed by atoms with van der Waals surface area (Å²) in [6.45, 7) is 0. The van der Waals surface area contributed by atoms with E-state index in [1.54, 1.807) is 0 Å². The van der Waals surface area contributed by atoms with E-state index >= 15 is 0 Å². The Balaban J connectivity index is 1.86. The van der Waals surface area contributed by atoms with Crippen molar-refractivity contribution in [2.75, 3.05) is 0 Å². The molecular formula is C16H14O4S. The summed E-state index contributed by atoms with van der Waals surface area (Å²) in [5.74, 6) is -1.50. The third-order valence-corrected chi connectivity index (χ3v) is 4.13. The number of cyclic esters (lactones) is 1. The maximum absolute atomic E-state index is 11.8. The number of carbonyl (C=O) groups excluding carboxylic acids is 2. The number of benzene rings is 2. The van der Waals surface area contributed by atoms with E-state index in [-0.39, 0.29) is 0 Å². The molecule has 3 atom stereocenters. The van der Waals surface area contributed by atoms with E-state index in [4.69, 9.17) is 4.74 Å². The lowest BCUT2D eigenvalue weighted by molar-refractivity contribution is -0.147. The van der Waals surface area contributed by atoms with Crippen LogP contribution in [0.2, 0.25) is 0 Å². The van der Waals surface area contributed by atoms with Crippen LogP contribution in [-0.2, 0) is 20.7 Å². The summed E-state index contributed by atoms with van der Waals surface area (Å²) in [7, 11) is 0. The first-order valence-corrected chi connectivity index (χ1v) is 7.16. The van der Waals surface area contributed by atoms with Gasteiger partial charge in [0.15, 0.2) is 6.10 Å². The van der Waals surface area contributed by atoms with Gasteiger partial charge in [0.2, 0.25) is 11.9 Å². The Morgan fingerprint density at radius 2 is 1.86 bits per heavy atom. The second kappa shape index (κ2) is 5.50. The van der Waals surface area contributed by atoms with Gasteiger partial charge in [-0.1, -0.05) is 42.5 Å². The molecule has 0 radical (unpaired) electrons. The van der Waals surface area contributed by atoms with Crippen molar-refractivity contribution < 1.29 is 19.4 Å². The van der Waals surface area contributed by atoms with Gasteiger partial charge in [0.1, 0.15) is 0 Å². The molecule has 0 bridgehead atoms. The molecule has 1 N–H and O–H groups in total. The molecule has 1 heterocycles. The van der Waals surface area contributed by atoms with Crippen molar-refractivity contribution in [3.63, 3.8) is 0 Å². The molecule has 1 saturated heterocycles. The zero-order valence-corrected chi connectivity index (χ0v) is 12.0. The standard InChI is InChI=1S/C16H14O4S/c17-13-14(18)16(19)20-15(13)12(21)8-10-6-3-5-9-4-1-2-7-11(9)10/h1-7,12,14-15,18,21H,8H2. The fourth-order valence-electron chi connectivity index (χ4n) is 2.59. The quantitative estimate of drug-likeness (QED) is 0.513. The van der Waals surface area contributed by atoms with Crippen LogP contribution in [0.4, 0.5) is 0 Å². The predicted octanol–water partition coefficient (Wildman–Crippen LogP) is 1.54. The van der Waals surface area contributed by atoms with Crippen molar-refractivity contribution in [3.05, 3.63) is 48.0 Å². The third kappa shape index (κ3) is 2.54. The molecule has 1 aliphatic heterocycles. The zero-order valence-electron chi connectivity index (χ0n) is 11.1. The van der Waals surface area contributed by atoms with Gasteiger partial charge in [-0.3, -0.25) is 4.79 Å². The van der Waals surface area contributed by atoms with E-state index in [2.05, 4.69) is 12.6 Å². The monoisotopic (exact) mass is 302 g/mol. The number of fused-ring (bicyclic) bond motifs is 1. The molecule has 2 aromatic rings. The van der Waals surface area contributed by atoms with Crippen molar-refractivity contribution in [2.45, 2.75) is 23.9 Å². The van der Waals surface area contributed by atoms with E-state index in [9.17, 15) is 14.7 Å². The van der Waals surface area contributed by atoms with Crippen LogP contribution in [0.15, 0.2) is 42.5 Å². The van der Waals surface area contributed by atoms with Crippen molar-refractivity contribution in [1.82, 2.24) is 0 Å². The lowest BCUT2D eigenvalue weighted by atomic mass is 9.98. The van der Waals surface area contributed by atoms with Crippen molar-refractivity contribution in [3.8, 4) is 0 Å². The maximum atomic E-state index is 11.8. The smallest absolute Gasteiger partial charge is 0.343 e. The van der Waals surface area contributed by atoms with Crippen LogP contribution in [-0.4, -0.2) is 34.3 Å². The van der Waals surface area contributed by atoms with Crippen molar-refractivity contribution in [1.29, 1.82) is 0 Å². The van der Waals surface area contributed by atoms with Gasteiger partial charge in [-0.25, -0.2) is 4.79 Å². The van der Waals surface area contributed by atoms with E-state index in [0.717, 1.165) is 16.3 Å². The average Bonchev–Trinajstić information content (AvgIpc) is 2.75. The van der Waals surface area contributed by atoms with E-state index in [1.165, 1.54) is 0 Å². The van der Waals surface area contributed by atoms with Gasteiger partial charge in [0.05, 0.1) is 5.25 Å². The molecule has 2 aromatic carbocycles. The van der Waals surface area contributed by atoms with Crippen LogP contribution in [0.25, 0.3) is 10.8 Å². The predicted molar refractivity (Wildman–Crippen MR) is 81.3 cm³/mol. The highest BCUT2D eigenvalue weighted by Crippen LogP contribution is 2.25. The normalized spacial score (nSPS) is 23.3. The second-order valence-electron chi connectivity index (χ2n) is 5.07. The largest absolute Gasteiger partial charge is 0.451 e. The molecule has 3 rings (SSSR count). The average molecular weight is 302 g/mol. The van der Waals surface area contributed by atoms with Gasteiger partial charge >= 0.3 is 5.97 Å². The lowest BCUT2D eigenvalue weighted by Crippen LogP contribution is -2.32. The van der Waals surface area contributed by atoms with Gasteiger partial charge in [0, 0.05) is 0 Å². The number of hydrogen-bond donors (Lipinski definition) is 2. The molecule has 1 fully saturated rings. The first-order chi connectivity index (χ1) is 10.1. The number of ketones is 1. The van der Waals surface area contributed by atoms with E-state index < -0.39 is 29.2 Å². The summed E-state index contributed by atoms with van der Waals surface area (Å²) in [5.41, 5.74) is 1.03. The van der Waals surface area contributed by atoms with E-state index in [1.807, 2.05) is 42.5 Å². The van der Waals surface area contributed by atoms with E-state index in [0.29, 0.717) is 6.42 Å². The maximum Gasteiger partial charge on any atom is 0.343 e. The zero-order chi connectivity index (χ0) is 15.0. The molecular weight excluding hydrogens is 288 g/mol. The van der Waals surface area contributed by atoms with Crippen LogP contribution in [0.5, 0.6) is 0 Å². The number of carbonyl (C=O) groups is 2. The summed E-state index contributed by atoms with van der Waals surface area (Å²) in [6, 6.07) is 13.8. The number of ether oxygens (including phenoxy) is 1. The SMILES string of the molecule is O=C1OC(C(S)Cc2cccc3ccccc23)C(=O)C1O. The molecule has 0 spiro atoms. The van der Waals surface area contributed by atoms with Gasteiger partial charge in [-0.05, 0) is 22.8 Å².